The summed E-state index contributed by atoms with van der Waals surface area (Å²) in [5, 5.41) is 20.8. The summed E-state index contributed by atoms with van der Waals surface area (Å²) in [6, 6.07) is 23.6. The van der Waals surface area contributed by atoms with E-state index in [-0.39, 0.29) is 67.3 Å². The summed E-state index contributed by atoms with van der Waals surface area (Å²) in [6.07, 6.45) is 7.52. The van der Waals surface area contributed by atoms with Gasteiger partial charge >= 0.3 is 0 Å². The number of hydrogen-bond donors (Lipinski definition) is 2. The van der Waals surface area contributed by atoms with Gasteiger partial charge in [-0.3, -0.25) is 29.1 Å². The maximum atomic E-state index is 15.6. The Balaban J connectivity index is 0.000000205. The van der Waals surface area contributed by atoms with Gasteiger partial charge in [-0.05, 0) is 121 Å². The third kappa shape index (κ3) is 13.6. The Hall–Kier alpha value is -7.37. The van der Waals surface area contributed by atoms with E-state index in [1.54, 1.807) is 46.2 Å². The minimum atomic E-state index is -1.66. The van der Waals surface area contributed by atoms with E-state index in [4.69, 9.17) is 51.1 Å². The molecule has 2 aliphatic heterocycles. The first-order valence-corrected chi connectivity index (χ1v) is 24.4. The third-order valence-electron chi connectivity index (χ3n) is 12.7. The van der Waals surface area contributed by atoms with Gasteiger partial charge in [-0.25, -0.2) is 18.7 Å². The second-order valence-electron chi connectivity index (χ2n) is 17.5. The number of nitrogens with zero attached hydrogens (tertiary/aromatic N) is 8. The van der Waals surface area contributed by atoms with Gasteiger partial charge in [0, 0.05) is 99.2 Å². The molecule has 2 aromatic carbocycles. The highest BCUT2D eigenvalue weighted by Gasteiger charge is 2.40. The molecule has 6 aromatic rings. The smallest absolute Gasteiger partial charge is 0.257 e. The number of amides is 3. The van der Waals surface area contributed by atoms with Crippen LogP contribution < -0.4 is 11.1 Å². The molecule has 2 fully saturated rings. The van der Waals surface area contributed by atoms with Gasteiger partial charge in [0.05, 0.1) is 33.6 Å². The first-order valence-electron chi connectivity index (χ1n) is 23.3. The molecule has 3 N–H and O–H groups in total. The fourth-order valence-corrected chi connectivity index (χ4v) is 8.69. The molecule has 0 bridgehead atoms. The molecule has 6 heterocycles. The van der Waals surface area contributed by atoms with Crippen LogP contribution in [0.2, 0.25) is 10.3 Å². The van der Waals surface area contributed by atoms with Gasteiger partial charge in [-0.15, -0.1) is 0 Å². The summed E-state index contributed by atoms with van der Waals surface area (Å²) < 4.78 is 30.9. The number of anilines is 2. The molecule has 0 saturated carbocycles. The van der Waals surface area contributed by atoms with Crippen molar-refractivity contribution >= 4 is 69.1 Å². The number of nitriles is 2. The zero-order valence-electron chi connectivity index (χ0n) is 40.5. The van der Waals surface area contributed by atoms with Crippen LogP contribution in [-0.4, -0.2) is 78.9 Å². The zero-order valence-corrected chi connectivity index (χ0v) is 42.8. The minimum absolute atomic E-state index is 0.108. The lowest BCUT2D eigenvalue weighted by Gasteiger charge is -2.36. The summed E-state index contributed by atoms with van der Waals surface area (Å²) in [5.74, 6) is -0.684. The van der Waals surface area contributed by atoms with E-state index in [9.17, 15) is 19.2 Å². The number of carbonyl (C=O) groups is 4. The zero-order chi connectivity index (χ0) is 53.0. The quantitative estimate of drug-likeness (QED) is 0.0790. The van der Waals surface area contributed by atoms with Gasteiger partial charge in [0.2, 0.25) is 0 Å². The van der Waals surface area contributed by atoms with Gasteiger partial charge in [-0.1, -0.05) is 49.2 Å². The van der Waals surface area contributed by atoms with E-state index in [0.717, 1.165) is 28.7 Å². The molecular formula is C54H51Cl3F2N10O4. The molecule has 3 amide bonds. The standard InChI is InChI=1S/C27H25ClFN5O2.C21H23FN4O.C6H3Cl2NO/c1-3-19-12-17(2)21(13-22(19)33-25(35)20-5-7-24(28)32-16-20)26(36)34-10-8-27(29,9-11-34)23-6-4-18(14-30)15-31-23;1-3-16-10-14(2)17(11-18(16)24)20(27)26-8-6-21(22,7-9-26)19-5-4-15(12-23)13-25-19;7-5-2-1-4(3-9-5)6(8)10/h4-7,12-13,15-16H,3,8-11H2,1-2H3,(H,33,35);4-5,10-11,13H,3,6-9,24H2,1-2H3;1-3H. The number of nitrogens with one attached hydrogen (secondary N) is 1. The molecule has 0 aliphatic carbocycles. The topological polar surface area (TPSA) is 212 Å². The van der Waals surface area contributed by atoms with Crippen LogP contribution in [0.1, 0.15) is 126 Å². The molecule has 14 nitrogen and oxygen atoms in total. The van der Waals surface area contributed by atoms with Crippen molar-refractivity contribution in [1.29, 1.82) is 10.5 Å². The number of alkyl halides is 2. The van der Waals surface area contributed by atoms with Crippen molar-refractivity contribution in [3.63, 3.8) is 0 Å². The maximum Gasteiger partial charge on any atom is 0.257 e. The van der Waals surface area contributed by atoms with Crippen LogP contribution in [-0.2, 0) is 24.2 Å². The Kier molecular flexibility index (Phi) is 18.3. The van der Waals surface area contributed by atoms with Gasteiger partial charge in [-0.2, -0.15) is 10.5 Å². The number of aryl methyl sites for hydroxylation is 4. The summed E-state index contributed by atoms with van der Waals surface area (Å²) >= 11 is 16.4. The van der Waals surface area contributed by atoms with Crippen molar-refractivity contribution in [1.82, 2.24) is 29.7 Å². The number of nitrogen functional groups attached to an aromatic ring is 1. The Morgan fingerprint density at radius 2 is 1.08 bits per heavy atom. The first kappa shape index (κ1) is 55.0. The van der Waals surface area contributed by atoms with Gasteiger partial charge in [0.1, 0.15) is 22.4 Å². The third-order valence-corrected chi connectivity index (χ3v) is 13.4. The van der Waals surface area contributed by atoms with Crippen LogP contribution in [0.25, 0.3) is 0 Å². The lowest BCUT2D eigenvalue weighted by molar-refractivity contribution is 0.0393. The van der Waals surface area contributed by atoms with E-state index in [2.05, 4.69) is 25.3 Å². The molecule has 8 rings (SSSR count). The number of likely N-dealkylation sites (tertiary alicyclic amines) is 2. The van der Waals surface area contributed by atoms with Crippen molar-refractivity contribution in [2.45, 2.75) is 77.6 Å². The van der Waals surface area contributed by atoms with E-state index in [1.165, 1.54) is 49.1 Å². The SMILES string of the molecule is CCc1cc(C)c(C(=O)N2CCC(F)(c3ccc(C#N)cn3)CC2)cc1N.CCc1cc(C)c(C(=O)N2CCC(F)(c3ccc(C#N)cn3)CC2)cc1NC(=O)c1ccc(Cl)nc1.O=C(Cl)c1ccc(Cl)nc1. The van der Waals surface area contributed by atoms with Crippen LogP contribution >= 0.6 is 34.8 Å². The Bertz CT molecular complexity index is 3060. The predicted molar refractivity (Wildman–Crippen MR) is 276 cm³/mol. The lowest BCUT2D eigenvalue weighted by atomic mass is 9.89. The molecule has 0 atom stereocenters. The summed E-state index contributed by atoms with van der Waals surface area (Å²) in [4.78, 5) is 68.6. The number of pyridine rings is 4. The highest BCUT2D eigenvalue weighted by atomic mass is 35.5. The molecule has 0 radical (unpaired) electrons. The van der Waals surface area contributed by atoms with E-state index in [0.29, 0.717) is 75.1 Å². The number of nitrogens with two attached hydrogens (primary N) is 1. The number of rotatable bonds is 9. The van der Waals surface area contributed by atoms with E-state index < -0.39 is 16.6 Å². The lowest BCUT2D eigenvalue weighted by Crippen LogP contribution is -2.43. The minimum Gasteiger partial charge on any atom is -0.398 e. The molecule has 2 saturated heterocycles. The maximum absolute atomic E-state index is 15.6. The molecule has 0 spiro atoms. The average molecular weight is 1050 g/mol. The monoisotopic (exact) mass is 1050 g/mol. The number of hydrogen-bond acceptors (Lipinski definition) is 11. The average Bonchev–Trinajstić information content (AvgIpc) is 3.40. The van der Waals surface area contributed by atoms with Crippen molar-refractivity contribution in [3.05, 3.63) is 175 Å². The molecule has 19 heteroatoms. The second-order valence-corrected chi connectivity index (χ2v) is 18.6. The van der Waals surface area contributed by atoms with Crippen molar-refractivity contribution < 1.29 is 28.0 Å². The molecule has 0 unspecified atom stereocenters. The summed E-state index contributed by atoms with van der Waals surface area (Å²) in [6.45, 7) is 8.82. The van der Waals surface area contributed by atoms with Crippen LogP contribution in [0.5, 0.6) is 0 Å². The number of halogens is 5. The largest absolute Gasteiger partial charge is 0.398 e. The molecule has 73 heavy (non-hydrogen) atoms. The molecular weight excluding hydrogens is 997 g/mol. The van der Waals surface area contributed by atoms with Crippen molar-refractivity contribution in [2.75, 3.05) is 37.2 Å². The van der Waals surface area contributed by atoms with Gasteiger partial charge in [0.15, 0.2) is 11.3 Å². The van der Waals surface area contributed by atoms with Crippen LogP contribution in [0.3, 0.4) is 0 Å². The molecule has 376 valence electrons. The Labute approximate surface area is 437 Å². The first-order chi connectivity index (χ1) is 34.8. The summed E-state index contributed by atoms with van der Waals surface area (Å²) in [7, 11) is 0. The fraction of sp³-hybridized carbons (Fsp3) is 0.296. The van der Waals surface area contributed by atoms with Crippen LogP contribution in [0, 0.1) is 36.5 Å². The van der Waals surface area contributed by atoms with Crippen LogP contribution in [0.15, 0.2) is 97.6 Å². The Morgan fingerprint density at radius 1 is 0.644 bits per heavy atom. The van der Waals surface area contributed by atoms with Crippen LogP contribution in [0.4, 0.5) is 20.2 Å². The van der Waals surface area contributed by atoms with Crippen molar-refractivity contribution in [3.8, 4) is 12.1 Å². The highest BCUT2D eigenvalue weighted by molar-refractivity contribution is 6.67. The fourth-order valence-electron chi connectivity index (χ4n) is 8.36. The van der Waals surface area contributed by atoms with Gasteiger partial charge in [0.25, 0.3) is 23.0 Å². The predicted octanol–water partition coefficient (Wildman–Crippen LogP) is 10.8. The van der Waals surface area contributed by atoms with E-state index >= 15 is 8.78 Å². The second kappa shape index (κ2) is 24.4. The summed E-state index contributed by atoms with van der Waals surface area (Å²) in [5.41, 5.74) is 10.7. The Morgan fingerprint density at radius 3 is 1.47 bits per heavy atom. The number of carbonyl (C=O) groups excluding carboxylic acids is 4. The number of piperidine rings is 2. The van der Waals surface area contributed by atoms with Crippen molar-refractivity contribution in [2.24, 2.45) is 0 Å². The van der Waals surface area contributed by atoms with Gasteiger partial charge < -0.3 is 20.9 Å². The molecule has 4 aromatic heterocycles. The van der Waals surface area contributed by atoms with E-state index in [1.807, 2.05) is 52.0 Å². The normalized spacial score (nSPS) is 14.5. The number of benzene rings is 2. The number of aromatic nitrogens is 4. The highest BCUT2D eigenvalue weighted by Crippen LogP contribution is 2.38. The molecule has 2 aliphatic rings.